The van der Waals surface area contributed by atoms with Crippen LogP contribution in [0.3, 0.4) is 0 Å². The van der Waals surface area contributed by atoms with Crippen molar-refractivity contribution in [3.8, 4) is 5.75 Å². The third-order valence-electron chi connectivity index (χ3n) is 2.81. The molecule has 0 spiro atoms. The first-order valence-electron chi connectivity index (χ1n) is 5.92. The fourth-order valence-corrected chi connectivity index (χ4v) is 2.04. The molecular formula is C14H12ClN3O. The summed E-state index contributed by atoms with van der Waals surface area (Å²) in [7, 11) is 0. The second-order valence-electron chi connectivity index (χ2n) is 4.21. The molecule has 96 valence electrons. The molecule has 0 saturated heterocycles. The predicted octanol–water partition coefficient (Wildman–Crippen LogP) is 3.27. The molecule has 0 amide bonds. The van der Waals surface area contributed by atoms with E-state index in [1.165, 1.54) is 0 Å². The molecule has 0 fully saturated rings. The highest BCUT2D eigenvalue weighted by Gasteiger charge is 2.07. The van der Waals surface area contributed by atoms with Crippen LogP contribution in [-0.4, -0.2) is 14.6 Å². The Bertz CT molecular complexity index is 724. The number of halogens is 1. The number of fused-ring (bicyclic) bond motifs is 1. The first-order valence-corrected chi connectivity index (χ1v) is 6.30. The van der Waals surface area contributed by atoms with Crippen LogP contribution in [0.25, 0.3) is 5.65 Å². The van der Waals surface area contributed by atoms with Gasteiger partial charge in [0, 0.05) is 6.20 Å². The van der Waals surface area contributed by atoms with E-state index in [2.05, 4.69) is 10.1 Å². The fourth-order valence-electron chi connectivity index (χ4n) is 1.84. The number of aryl methyl sites for hydroxylation is 1. The molecule has 5 heteroatoms. The van der Waals surface area contributed by atoms with Gasteiger partial charge in [0.1, 0.15) is 12.4 Å². The molecule has 0 aliphatic heterocycles. The van der Waals surface area contributed by atoms with Crippen LogP contribution in [0.1, 0.15) is 11.4 Å². The van der Waals surface area contributed by atoms with Crippen molar-refractivity contribution in [3.05, 3.63) is 59.0 Å². The summed E-state index contributed by atoms with van der Waals surface area (Å²) < 4.78 is 7.36. The van der Waals surface area contributed by atoms with Gasteiger partial charge >= 0.3 is 0 Å². The zero-order chi connectivity index (χ0) is 13.2. The topological polar surface area (TPSA) is 39.4 Å². The summed E-state index contributed by atoms with van der Waals surface area (Å²) >= 11 is 6.05. The van der Waals surface area contributed by atoms with E-state index in [9.17, 15) is 0 Å². The average Bonchev–Trinajstić information content (AvgIpc) is 2.82. The van der Waals surface area contributed by atoms with Gasteiger partial charge in [-0.3, -0.25) is 0 Å². The van der Waals surface area contributed by atoms with E-state index in [1.54, 1.807) is 10.6 Å². The van der Waals surface area contributed by atoms with Gasteiger partial charge in [0.15, 0.2) is 11.5 Å². The fraction of sp³-hybridized carbons (Fsp3) is 0.143. The van der Waals surface area contributed by atoms with Crippen LogP contribution in [0.5, 0.6) is 5.75 Å². The lowest BCUT2D eigenvalue weighted by atomic mass is 10.2. The monoisotopic (exact) mass is 273 g/mol. The second-order valence-corrected chi connectivity index (χ2v) is 4.61. The van der Waals surface area contributed by atoms with Crippen molar-refractivity contribution in [2.24, 2.45) is 0 Å². The quantitative estimate of drug-likeness (QED) is 0.735. The highest BCUT2D eigenvalue weighted by molar-refractivity contribution is 6.33. The number of pyridine rings is 1. The normalized spacial score (nSPS) is 10.8. The first kappa shape index (κ1) is 12.0. The van der Waals surface area contributed by atoms with Gasteiger partial charge in [0.2, 0.25) is 0 Å². The van der Waals surface area contributed by atoms with Crippen LogP contribution < -0.4 is 4.74 Å². The molecule has 1 aromatic carbocycles. The van der Waals surface area contributed by atoms with Crippen molar-refractivity contribution in [2.75, 3.05) is 0 Å². The maximum absolute atomic E-state index is 6.05. The van der Waals surface area contributed by atoms with Gasteiger partial charge in [-0.2, -0.15) is 0 Å². The Morgan fingerprint density at radius 3 is 2.84 bits per heavy atom. The maximum Gasteiger partial charge on any atom is 0.189 e. The van der Waals surface area contributed by atoms with Crippen molar-refractivity contribution in [1.29, 1.82) is 0 Å². The zero-order valence-electron chi connectivity index (χ0n) is 10.4. The van der Waals surface area contributed by atoms with E-state index >= 15 is 0 Å². The minimum Gasteiger partial charge on any atom is -0.485 e. The highest BCUT2D eigenvalue weighted by Crippen LogP contribution is 2.18. The molecule has 19 heavy (non-hydrogen) atoms. The number of benzene rings is 1. The second kappa shape index (κ2) is 4.90. The Hall–Kier alpha value is -2.07. The Kier molecular flexibility index (Phi) is 3.09. The minimum absolute atomic E-state index is 0.322. The van der Waals surface area contributed by atoms with Crippen molar-refractivity contribution in [2.45, 2.75) is 13.5 Å². The molecule has 0 atom stereocenters. The molecule has 0 aliphatic carbocycles. The van der Waals surface area contributed by atoms with Gasteiger partial charge in [0.25, 0.3) is 0 Å². The molecule has 0 N–H and O–H groups in total. The van der Waals surface area contributed by atoms with Gasteiger partial charge in [0.05, 0.1) is 5.02 Å². The maximum atomic E-state index is 6.05. The van der Waals surface area contributed by atoms with E-state index in [0.717, 1.165) is 11.3 Å². The molecule has 4 nitrogen and oxygen atoms in total. The first-order chi connectivity index (χ1) is 9.24. The van der Waals surface area contributed by atoms with Gasteiger partial charge < -0.3 is 4.74 Å². The number of ether oxygens (including phenoxy) is 1. The SMILES string of the molecule is Cc1ccccc1OCc1nc2c(Cl)cccn2n1. The summed E-state index contributed by atoms with van der Waals surface area (Å²) in [6.07, 6.45) is 1.81. The molecule has 0 unspecified atom stereocenters. The van der Waals surface area contributed by atoms with Gasteiger partial charge in [-0.15, -0.1) is 5.10 Å². The lowest BCUT2D eigenvalue weighted by molar-refractivity contribution is 0.294. The highest BCUT2D eigenvalue weighted by atomic mass is 35.5. The van der Waals surface area contributed by atoms with Crippen LogP contribution in [-0.2, 0) is 6.61 Å². The van der Waals surface area contributed by atoms with Crippen LogP contribution in [0.15, 0.2) is 42.6 Å². The Balaban J connectivity index is 1.83. The van der Waals surface area contributed by atoms with Gasteiger partial charge in [-0.05, 0) is 30.7 Å². The van der Waals surface area contributed by atoms with Crippen LogP contribution >= 0.6 is 11.6 Å². The van der Waals surface area contributed by atoms with Gasteiger partial charge in [-0.1, -0.05) is 29.8 Å². The smallest absolute Gasteiger partial charge is 0.189 e. The summed E-state index contributed by atoms with van der Waals surface area (Å²) in [5.41, 5.74) is 1.73. The molecule has 0 aliphatic rings. The van der Waals surface area contributed by atoms with Crippen molar-refractivity contribution in [3.63, 3.8) is 0 Å². The van der Waals surface area contributed by atoms with Crippen molar-refractivity contribution < 1.29 is 4.74 Å². The molecule has 0 bridgehead atoms. The third kappa shape index (κ3) is 2.39. The summed E-state index contributed by atoms with van der Waals surface area (Å²) in [6, 6.07) is 11.5. The van der Waals surface area contributed by atoms with E-state index in [1.807, 2.05) is 43.5 Å². The Morgan fingerprint density at radius 2 is 2.05 bits per heavy atom. The third-order valence-corrected chi connectivity index (χ3v) is 3.10. The lowest BCUT2D eigenvalue weighted by Crippen LogP contribution is -1.99. The summed E-state index contributed by atoms with van der Waals surface area (Å²) in [6.45, 7) is 2.33. The Morgan fingerprint density at radius 1 is 1.21 bits per heavy atom. The van der Waals surface area contributed by atoms with E-state index in [0.29, 0.717) is 23.1 Å². The molecular weight excluding hydrogens is 262 g/mol. The molecule has 3 aromatic rings. The summed E-state index contributed by atoms with van der Waals surface area (Å²) in [4.78, 5) is 4.35. The number of aromatic nitrogens is 3. The molecule has 3 rings (SSSR count). The number of nitrogens with zero attached hydrogens (tertiary/aromatic N) is 3. The molecule has 2 heterocycles. The average molecular weight is 274 g/mol. The van der Waals surface area contributed by atoms with Crippen LogP contribution in [0, 0.1) is 6.92 Å². The minimum atomic E-state index is 0.322. The summed E-state index contributed by atoms with van der Waals surface area (Å²) in [5, 5.41) is 4.90. The largest absolute Gasteiger partial charge is 0.485 e. The van der Waals surface area contributed by atoms with E-state index in [-0.39, 0.29) is 0 Å². The van der Waals surface area contributed by atoms with E-state index in [4.69, 9.17) is 16.3 Å². The number of hydrogen-bond acceptors (Lipinski definition) is 3. The number of hydrogen-bond donors (Lipinski definition) is 0. The van der Waals surface area contributed by atoms with Gasteiger partial charge in [-0.25, -0.2) is 9.50 Å². The molecule has 0 saturated carbocycles. The lowest BCUT2D eigenvalue weighted by Gasteiger charge is -2.05. The van der Waals surface area contributed by atoms with Crippen molar-refractivity contribution >= 4 is 17.2 Å². The zero-order valence-corrected chi connectivity index (χ0v) is 11.1. The van der Waals surface area contributed by atoms with Crippen molar-refractivity contribution in [1.82, 2.24) is 14.6 Å². The molecule has 0 radical (unpaired) electrons. The predicted molar refractivity (Wildman–Crippen MR) is 73.5 cm³/mol. The summed E-state index contributed by atoms with van der Waals surface area (Å²) in [5.74, 6) is 1.45. The standard InChI is InChI=1S/C14H12ClN3O/c1-10-5-2-3-7-12(10)19-9-13-16-14-11(15)6-4-8-18(14)17-13/h2-8H,9H2,1H3. The number of rotatable bonds is 3. The van der Waals surface area contributed by atoms with Crippen LogP contribution in [0.2, 0.25) is 5.02 Å². The molecule has 2 aromatic heterocycles. The number of para-hydroxylation sites is 1. The Labute approximate surface area is 115 Å². The van der Waals surface area contributed by atoms with Crippen LogP contribution in [0.4, 0.5) is 0 Å². The van der Waals surface area contributed by atoms with E-state index < -0.39 is 0 Å².